The first-order valence-electron chi connectivity index (χ1n) is 5.50. The Hall–Kier alpha value is -1.29. The van der Waals surface area contributed by atoms with Crippen LogP contribution in [0.1, 0.15) is 24.0 Å². The lowest BCUT2D eigenvalue weighted by Crippen LogP contribution is -2.22. The average Bonchev–Trinajstić information content (AvgIpc) is 2.25. The number of unbranched alkanes of at least 4 members (excludes halogenated alkanes) is 1. The Balaban J connectivity index is 2.45. The molecule has 94 valence electrons. The Morgan fingerprint density at radius 3 is 2.65 bits per heavy atom. The van der Waals surface area contributed by atoms with E-state index in [-0.39, 0.29) is 16.8 Å². The molecule has 0 bridgehead atoms. The molecule has 0 aliphatic carbocycles. The molecule has 0 unspecified atom stereocenters. The Kier molecular flexibility index (Phi) is 5.22. The van der Waals surface area contributed by atoms with Crippen molar-refractivity contribution in [2.45, 2.75) is 26.2 Å². The SMILES string of the molecule is Cc1cc(CCCCN=C(N)N)cc(F)c1Cl. The number of halogens is 2. The first-order chi connectivity index (χ1) is 8.00. The monoisotopic (exact) mass is 257 g/mol. The van der Waals surface area contributed by atoms with Gasteiger partial charge in [-0.05, 0) is 43.4 Å². The molecule has 0 spiro atoms. The van der Waals surface area contributed by atoms with Crippen LogP contribution < -0.4 is 11.5 Å². The standard InChI is InChI=1S/C12H17ClFN3/c1-8-6-9(7-10(14)11(8)13)4-2-3-5-17-12(15)16/h6-7H,2-5H2,1H3,(H4,15,16,17). The zero-order valence-electron chi connectivity index (χ0n) is 9.84. The Bertz CT molecular complexity index is 391. The molecule has 1 aromatic rings. The first kappa shape index (κ1) is 13.8. The van der Waals surface area contributed by atoms with Crippen LogP contribution in [-0.2, 0) is 6.42 Å². The number of rotatable bonds is 5. The van der Waals surface area contributed by atoms with E-state index in [4.69, 9.17) is 23.1 Å². The van der Waals surface area contributed by atoms with Gasteiger partial charge in [-0.25, -0.2) is 4.39 Å². The van der Waals surface area contributed by atoms with Crippen LogP contribution in [0.4, 0.5) is 4.39 Å². The molecule has 5 heteroatoms. The van der Waals surface area contributed by atoms with Crippen molar-refractivity contribution in [3.8, 4) is 0 Å². The van der Waals surface area contributed by atoms with Crippen molar-refractivity contribution in [3.05, 3.63) is 34.1 Å². The number of benzene rings is 1. The average molecular weight is 258 g/mol. The van der Waals surface area contributed by atoms with E-state index in [0.29, 0.717) is 6.54 Å². The van der Waals surface area contributed by atoms with Crippen LogP contribution in [0.2, 0.25) is 5.02 Å². The zero-order chi connectivity index (χ0) is 12.8. The summed E-state index contributed by atoms with van der Waals surface area (Å²) in [5, 5.41) is 0.203. The molecule has 4 N–H and O–H groups in total. The van der Waals surface area contributed by atoms with Crippen molar-refractivity contribution in [1.82, 2.24) is 0 Å². The number of nitrogens with two attached hydrogens (primary N) is 2. The third-order valence-electron chi connectivity index (χ3n) is 2.44. The smallest absolute Gasteiger partial charge is 0.185 e. The molecule has 0 atom stereocenters. The summed E-state index contributed by atoms with van der Waals surface area (Å²) in [7, 11) is 0. The number of hydrogen-bond donors (Lipinski definition) is 2. The highest BCUT2D eigenvalue weighted by molar-refractivity contribution is 6.31. The quantitative estimate of drug-likeness (QED) is 0.483. The van der Waals surface area contributed by atoms with E-state index in [1.165, 1.54) is 6.07 Å². The minimum atomic E-state index is -0.356. The highest BCUT2D eigenvalue weighted by Gasteiger charge is 2.05. The van der Waals surface area contributed by atoms with Crippen molar-refractivity contribution < 1.29 is 4.39 Å². The van der Waals surface area contributed by atoms with Gasteiger partial charge >= 0.3 is 0 Å². The Morgan fingerprint density at radius 2 is 2.06 bits per heavy atom. The van der Waals surface area contributed by atoms with E-state index in [2.05, 4.69) is 4.99 Å². The summed E-state index contributed by atoms with van der Waals surface area (Å²) in [6.07, 6.45) is 2.59. The summed E-state index contributed by atoms with van der Waals surface area (Å²) >= 11 is 5.75. The lowest BCUT2D eigenvalue weighted by molar-refractivity contribution is 0.623. The fourth-order valence-electron chi connectivity index (χ4n) is 1.59. The summed E-state index contributed by atoms with van der Waals surface area (Å²) in [5.74, 6) is -0.246. The van der Waals surface area contributed by atoms with Gasteiger partial charge in [0.2, 0.25) is 0 Å². The molecule has 0 fully saturated rings. The molecule has 17 heavy (non-hydrogen) atoms. The highest BCUT2D eigenvalue weighted by Crippen LogP contribution is 2.21. The first-order valence-corrected chi connectivity index (χ1v) is 5.88. The molecule has 1 aromatic carbocycles. The second-order valence-electron chi connectivity index (χ2n) is 3.97. The molecule has 0 saturated carbocycles. The summed E-state index contributed by atoms with van der Waals surface area (Å²) in [5.41, 5.74) is 12.1. The van der Waals surface area contributed by atoms with Gasteiger partial charge in [0, 0.05) is 6.54 Å². The van der Waals surface area contributed by atoms with Crippen LogP contribution >= 0.6 is 11.6 Å². The predicted octanol–water partition coefficient (Wildman–Crippen LogP) is 2.38. The van der Waals surface area contributed by atoms with Gasteiger partial charge in [0.15, 0.2) is 5.96 Å². The molecule has 0 radical (unpaired) electrons. The maximum Gasteiger partial charge on any atom is 0.185 e. The second-order valence-corrected chi connectivity index (χ2v) is 4.35. The minimum Gasteiger partial charge on any atom is -0.370 e. The molecular weight excluding hydrogens is 241 g/mol. The van der Waals surface area contributed by atoms with Crippen LogP contribution in [0.15, 0.2) is 17.1 Å². The number of hydrogen-bond acceptors (Lipinski definition) is 1. The molecule has 0 aliphatic rings. The number of guanidine groups is 1. The van der Waals surface area contributed by atoms with Gasteiger partial charge < -0.3 is 11.5 Å². The van der Waals surface area contributed by atoms with E-state index in [1.807, 2.05) is 6.07 Å². The third-order valence-corrected chi connectivity index (χ3v) is 2.92. The van der Waals surface area contributed by atoms with Gasteiger partial charge in [-0.15, -0.1) is 0 Å². The van der Waals surface area contributed by atoms with Crippen LogP contribution in [0.3, 0.4) is 0 Å². The second kappa shape index (κ2) is 6.45. The molecule has 0 heterocycles. The van der Waals surface area contributed by atoms with Crippen LogP contribution in [0.5, 0.6) is 0 Å². The van der Waals surface area contributed by atoms with Gasteiger partial charge in [-0.2, -0.15) is 0 Å². The highest BCUT2D eigenvalue weighted by atomic mass is 35.5. The van der Waals surface area contributed by atoms with Crippen molar-refractivity contribution in [3.63, 3.8) is 0 Å². The number of aliphatic imine (C=N–C) groups is 1. The number of nitrogens with zero attached hydrogens (tertiary/aromatic N) is 1. The van der Waals surface area contributed by atoms with Crippen LogP contribution in [-0.4, -0.2) is 12.5 Å². The van der Waals surface area contributed by atoms with Gasteiger partial charge in [-0.3, -0.25) is 4.99 Å². The van der Waals surface area contributed by atoms with E-state index in [1.54, 1.807) is 6.92 Å². The predicted molar refractivity (Wildman–Crippen MR) is 69.8 cm³/mol. The third kappa shape index (κ3) is 4.61. The molecule has 0 saturated heterocycles. The molecular formula is C12H17ClFN3. The van der Waals surface area contributed by atoms with Crippen LogP contribution in [0, 0.1) is 12.7 Å². The lowest BCUT2D eigenvalue weighted by atomic mass is 10.1. The topological polar surface area (TPSA) is 64.4 Å². The van der Waals surface area contributed by atoms with Gasteiger partial charge in [0.25, 0.3) is 0 Å². The fraction of sp³-hybridized carbons (Fsp3) is 0.417. The molecule has 1 rings (SSSR count). The van der Waals surface area contributed by atoms with Gasteiger partial charge in [0.05, 0.1) is 5.02 Å². The summed E-state index contributed by atoms with van der Waals surface area (Å²) in [6, 6.07) is 3.39. The van der Waals surface area contributed by atoms with E-state index < -0.39 is 0 Å². The summed E-state index contributed by atoms with van der Waals surface area (Å²) < 4.78 is 13.3. The summed E-state index contributed by atoms with van der Waals surface area (Å²) in [4.78, 5) is 3.88. The number of aryl methyl sites for hydroxylation is 2. The van der Waals surface area contributed by atoms with E-state index in [0.717, 1.165) is 30.4 Å². The van der Waals surface area contributed by atoms with E-state index >= 15 is 0 Å². The molecule has 0 amide bonds. The molecule has 3 nitrogen and oxygen atoms in total. The summed E-state index contributed by atoms with van der Waals surface area (Å²) in [6.45, 7) is 2.41. The fourth-order valence-corrected chi connectivity index (χ4v) is 1.70. The lowest BCUT2D eigenvalue weighted by Gasteiger charge is -2.05. The maximum absolute atomic E-state index is 13.3. The van der Waals surface area contributed by atoms with Crippen molar-refractivity contribution >= 4 is 17.6 Å². The van der Waals surface area contributed by atoms with Gasteiger partial charge in [-0.1, -0.05) is 17.7 Å². The van der Waals surface area contributed by atoms with Crippen molar-refractivity contribution in [2.24, 2.45) is 16.5 Å². The minimum absolute atomic E-state index is 0.110. The Morgan fingerprint density at radius 1 is 1.35 bits per heavy atom. The van der Waals surface area contributed by atoms with Crippen LogP contribution in [0.25, 0.3) is 0 Å². The van der Waals surface area contributed by atoms with E-state index in [9.17, 15) is 4.39 Å². The van der Waals surface area contributed by atoms with Crippen molar-refractivity contribution in [2.75, 3.05) is 6.54 Å². The maximum atomic E-state index is 13.3. The largest absolute Gasteiger partial charge is 0.370 e. The molecule has 0 aliphatic heterocycles. The van der Waals surface area contributed by atoms with Gasteiger partial charge in [0.1, 0.15) is 5.82 Å². The Labute approximate surface area is 106 Å². The van der Waals surface area contributed by atoms with Crippen molar-refractivity contribution in [1.29, 1.82) is 0 Å². The normalized spacial score (nSPS) is 10.3. The zero-order valence-corrected chi connectivity index (χ0v) is 10.6. The molecule has 0 aromatic heterocycles.